The van der Waals surface area contributed by atoms with Crippen molar-refractivity contribution in [1.29, 1.82) is 0 Å². The van der Waals surface area contributed by atoms with Gasteiger partial charge in [-0.3, -0.25) is 9.59 Å². The van der Waals surface area contributed by atoms with Crippen LogP contribution in [0.3, 0.4) is 0 Å². The number of rotatable bonds is 8. The lowest BCUT2D eigenvalue weighted by molar-refractivity contribution is -0.121. The zero-order chi connectivity index (χ0) is 26.0. The van der Waals surface area contributed by atoms with Crippen molar-refractivity contribution in [3.63, 3.8) is 0 Å². The predicted molar refractivity (Wildman–Crippen MR) is 139 cm³/mol. The Balaban J connectivity index is 1.67. The summed E-state index contributed by atoms with van der Waals surface area (Å²) in [5, 5.41) is 3.62. The molecule has 1 N–H and O–H groups in total. The highest BCUT2D eigenvalue weighted by atomic mass is 32.2. The Morgan fingerprint density at radius 2 is 2.00 bits per heavy atom. The second-order valence-corrected chi connectivity index (χ2v) is 11.5. The maximum atomic E-state index is 13.6. The number of fused-ring (bicyclic) bond motifs is 1. The van der Waals surface area contributed by atoms with E-state index in [4.69, 9.17) is 9.15 Å². The summed E-state index contributed by atoms with van der Waals surface area (Å²) in [6.07, 6.45) is 4.95. The number of ether oxygens (including phenoxy) is 1. The predicted octanol–water partition coefficient (Wildman–Crippen LogP) is 3.28. The molecule has 1 aromatic heterocycles. The molecule has 194 valence electrons. The molecule has 36 heavy (non-hydrogen) atoms. The van der Waals surface area contributed by atoms with Crippen molar-refractivity contribution >= 4 is 44.0 Å². The first-order valence-corrected chi connectivity index (χ1v) is 14.1. The summed E-state index contributed by atoms with van der Waals surface area (Å²) in [7, 11) is -1.50. The molecule has 1 saturated heterocycles. The van der Waals surface area contributed by atoms with Crippen molar-refractivity contribution < 1.29 is 27.2 Å². The number of hydrogen-bond donors (Lipinski definition) is 1. The van der Waals surface area contributed by atoms with Gasteiger partial charge in [0.05, 0.1) is 30.4 Å². The highest BCUT2D eigenvalue weighted by Crippen LogP contribution is 2.36. The van der Waals surface area contributed by atoms with Crippen LogP contribution in [0.2, 0.25) is 0 Å². The zero-order valence-corrected chi connectivity index (χ0v) is 22.0. The van der Waals surface area contributed by atoms with Gasteiger partial charge in [0.15, 0.2) is 0 Å². The standard InChI is InChI=1S/C26H33N3O6S/c1-5-18-21(29(6-2)17-8-11-36(32,33)12-9-17)14-23-19(7-10-35-23)24(18)26(31)27-15-20-22(34-4)13-16(3)28-25(20)30/h7,10,13-14,17,20H,5-6,8-9,11-12,15H2,1-4H3,(H,27,31). The highest BCUT2D eigenvalue weighted by molar-refractivity contribution is 7.91. The van der Waals surface area contributed by atoms with E-state index in [1.807, 2.05) is 19.9 Å². The number of carbonyl (C=O) groups excluding carboxylic acids is 2. The minimum Gasteiger partial charge on any atom is -0.500 e. The van der Waals surface area contributed by atoms with Crippen LogP contribution in [0, 0.1) is 5.92 Å². The highest BCUT2D eigenvalue weighted by Gasteiger charge is 2.32. The Labute approximate surface area is 211 Å². The van der Waals surface area contributed by atoms with E-state index in [0.717, 1.165) is 11.3 Å². The molecule has 0 saturated carbocycles. The van der Waals surface area contributed by atoms with Gasteiger partial charge in [-0.25, -0.2) is 13.4 Å². The molecule has 1 aromatic carbocycles. The summed E-state index contributed by atoms with van der Waals surface area (Å²) in [5.41, 5.74) is 3.40. The van der Waals surface area contributed by atoms with E-state index < -0.39 is 15.8 Å². The number of dihydropyridines is 1. The van der Waals surface area contributed by atoms with Crippen molar-refractivity contribution in [2.45, 2.75) is 46.1 Å². The van der Waals surface area contributed by atoms with Crippen LogP contribution in [0.25, 0.3) is 11.0 Å². The van der Waals surface area contributed by atoms with E-state index in [1.54, 1.807) is 25.3 Å². The van der Waals surface area contributed by atoms with Crippen LogP contribution in [0.1, 0.15) is 49.5 Å². The average molecular weight is 516 g/mol. The van der Waals surface area contributed by atoms with Crippen LogP contribution in [-0.2, 0) is 25.8 Å². The van der Waals surface area contributed by atoms with E-state index in [0.29, 0.717) is 53.8 Å². The number of hydrogen-bond acceptors (Lipinski definition) is 7. The number of methoxy groups -OCH3 is 1. The van der Waals surface area contributed by atoms with E-state index in [9.17, 15) is 18.0 Å². The van der Waals surface area contributed by atoms with E-state index in [2.05, 4.69) is 15.2 Å². The van der Waals surface area contributed by atoms with Crippen molar-refractivity contribution in [2.24, 2.45) is 10.9 Å². The molecule has 2 aliphatic heterocycles. The molecule has 2 aliphatic rings. The van der Waals surface area contributed by atoms with Crippen LogP contribution in [-0.4, -0.2) is 63.7 Å². The number of anilines is 1. The number of aliphatic imine (C=N–C) groups is 1. The Bertz CT molecular complexity index is 1330. The molecule has 9 nitrogen and oxygen atoms in total. The Hall–Kier alpha value is -3.14. The molecular formula is C26H33N3O6S. The van der Waals surface area contributed by atoms with Crippen LogP contribution >= 0.6 is 0 Å². The summed E-state index contributed by atoms with van der Waals surface area (Å²) in [6, 6.07) is 3.78. The van der Waals surface area contributed by atoms with Gasteiger partial charge in [-0.15, -0.1) is 0 Å². The molecule has 2 amide bonds. The topological polar surface area (TPSA) is 118 Å². The summed E-state index contributed by atoms with van der Waals surface area (Å²) in [6.45, 7) is 6.47. The maximum absolute atomic E-state index is 13.6. The smallest absolute Gasteiger partial charge is 0.258 e. The van der Waals surface area contributed by atoms with Crippen LogP contribution in [0.15, 0.2) is 39.6 Å². The fourth-order valence-corrected chi connectivity index (χ4v) is 6.68. The minimum absolute atomic E-state index is 0.0544. The third kappa shape index (κ3) is 5.04. The maximum Gasteiger partial charge on any atom is 0.258 e. The van der Waals surface area contributed by atoms with Gasteiger partial charge in [-0.2, -0.15) is 0 Å². The molecule has 0 spiro atoms. The molecule has 0 radical (unpaired) electrons. The lowest BCUT2D eigenvalue weighted by Gasteiger charge is -2.37. The van der Waals surface area contributed by atoms with Gasteiger partial charge in [-0.1, -0.05) is 6.92 Å². The van der Waals surface area contributed by atoms with Crippen LogP contribution in [0.5, 0.6) is 0 Å². The van der Waals surface area contributed by atoms with E-state index >= 15 is 0 Å². The van der Waals surface area contributed by atoms with Gasteiger partial charge in [-0.05, 0) is 50.8 Å². The summed E-state index contributed by atoms with van der Waals surface area (Å²) in [4.78, 5) is 32.3. The molecule has 1 atom stereocenters. The lowest BCUT2D eigenvalue weighted by Crippen LogP contribution is -2.42. The molecule has 10 heteroatoms. The first-order chi connectivity index (χ1) is 17.2. The van der Waals surface area contributed by atoms with E-state index in [1.165, 1.54) is 7.11 Å². The third-order valence-corrected chi connectivity index (χ3v) is 8.74. The Morgan fingerprint density at radius 1 is 1.28 bits per heavy atom. The summed E-state index contributed by atoms with van der Waals surface area (Å²) < 4.78 is 35.1. The second kappa shape index (κ2) is 10.5. The molecule has 3 heterocycles. The Morgan fingerprint density at radius 3 is 2.64 bits per heavy atom. The number of carbonyl (C=O) groups is 2. The van der Waals surface area contributed by atoms with Crippen LogP contribution < -0.4 is 10.2 Å². The first kappa shape index (κ1) is 25.9. The van der Waals surface area contributed by atoms with Crippen LogP contribution in [0.4, 0.5) is 5.69 Å². The average Bonchev–Trinajstić information content (AvgIpc) is 3.31. The van der Waals surface area contributed by atoms with Crippen molar-refractivity contribution in [3.8, 4) is 0 Å². The summed E-state index contributed by atoms with van der Waals surface area (Å²) >= 11 is 0. The van der Waals surface area contributed by atoms with Crippen molar-refractivity contribution in [2.75, 3.05) is 36.6 Å². The molecule has 0 aliphatic carbocycles. The third-order valence-electron chi connectivity index (χ3n) is 7.02. The monoisotopic (exact) mass is 515 g/mol. The first-order valence-electron chi connectivity index (χ1n) is 12.3. The van der Waals surface area contributed by atoms with Gasteiger partial charge >= 0.3 is 0 Å². The minimum atomic E-state index is -3.00. The summed E-state index contributed by atoms with van der Waals surface area (Å²) in [5.74, 6) is -0.550. The van der Waals surface area contributed by atoms with Gasteiger partial charge < -0.3 is 19.4 Å². The molecule has 2 aromatic rings. The van der Waals surface area contributed by atoms with Crippen molar-refractivity contribution in [1.82, 2.24) is 5.32 Å². The largest absolute Gasteiger partial charge is 0.500 e. The molecule has 0 bridgehead atoms. The lowest BCUT2D eigenvalue weighted by atomic mass is 9.95. The number of benzene rings is 1. The number of furan rings is 1. The van der Waals surface area contributed by atoms with Gasteiger partial charge in [0.1, 0.15) is 27.1 Å². The molecular weight excluding hydrogens is 482 g/mol. The number of nitrogens with one attached hydrogen (secondary N) is 1. The fraction of sp³-hybridized carbons (Fsp3) is 0.500. The number of allylic oxidation sites excluding steroid dienone is 1. The zero-order valence-electron chi connectivity index (χ0n) is 21.2. The number of sulfone groups is 1. The molecule has 4 rings (SSSR count). The fourth-order valence-electron chi connectivity index (χ4n) is 5.21. The van der Waals surface area contributed by atoms with Gasteiger partial charge in [0.25, 0.3) is 11.8 Å². The molecule has 1 unspecified atom stereocenters. The number of amides is 2. The Kier molecular flexibility index (Phi) is 7.54. The van der Waals surface area contributed by atoms with E-state index in [-0.39, 0.29) is 35.9 Å². The second-order valence-electron chi connectivity index (χ2n) is 9.21. The SMILES string of the molecule is CCc1c(N(CC)C2CCS(=O)(=O)CC2)cc2occc2c1C(=O)NCC1C(=O)N=C(C)C=C1OC. The quantitative estimate of drug-likeness (QED) is 0.573. The normalized spacial score (nSPS) is 20.1. The van der Waals surface area contributed by atoms with Gasteiger partial charge in [0, 0.05) is 42.0 Å². The molecule has 1 fully saturated rings. The number of nitrogens with zero attached hydrogens (tertiary/aromatic N) is 2. The van der Waals surface area contributed by atoms with Gasteiger partial charge in [0.2, 0.25) is 0 Å². The van der Waals surface area contributed by atoms with Crippen molar-refractivity contribution in [3.05, 3.63) is 41.4 Å².